The van der Waals surface area contributed by atoms with Crippen molar-refractivity contribution in [3.63, 3.8) is 0 Å². The standard InChI is InChI=1S/C24H25F3N2O6/c25-24(26,27)17-7-3-6-16(14-17)19-9-10-20(35-19)22(32)28-29(18(12-13-30)23(33)34)21(31)11-8-15-4-1-2-5-15/h3,6-7,9-10,13-15,18H,1-2,4-5,8,11-12H2,(H,28,32)(H,33,34). The van der Waals surface area contributed by atoms with Crippen molar-refractivity contribution in [3.05, 3.63) is 47.7 Å². The molecule has 0 saturated heterocycles. The van der Waals surface area contributed by atoms with Crippen LogP contribution in [0.2, 0.25) is 0 Å². The summed E-state index contributed by atoms with van der Waals surface area (Å²) in [4.78, 5) is 48.3. The molecule has 2 N–H and O–H groups in total. The number of carboxylic acids is 1. The second kappa shape index (κ2) is 11.2. The van der Waals surface area contributed by atoms with Crippen LogP contribution in [0.25, 0.3) is 11.3 Å². The third-order valence-electron chi connectivity index (χ3n) is 5.95. The molecule has 1 aromatic carbocycles. The van der Waals surface area contributed by atoms with E-state index in [1.807, 2.05) is 0 Å². The van der Waals surface area contributed by atoms with Crippen molar-refractivity contribution in [1.82, 2.24) is 10.4 Å². The van der Waals surface area contributed by atoms with E-state index in [1.165, 1.54) is 24.3 Å². The van der Waals surface area contributed by atoms with Gasteiger partial charge in [-0.05, 0) is 36.6 Å². The van der Waals surface area contributed by atoms with Crippen molar-refractivity contribution in [2.45, 2.75) is 57.2 Å². The van der Waals surface area contributed by atoms with E-state index in [1.54, 1.807) is 0 Å². The normalized spacial score (nSPS) is 14.9. The zero-order valence-electron chi connectivity index (χ0n) is 18.7. The second-order valence-corrected chi connectivity index (χ2v) is 8.39. The third-order valence-corrected chi connectivity index (χ3v) is 5.95. The molecule has 0 spiro atoms. The number of carbonyl (C=O) groups excluding carboxylic acids is 3. The first-order chi connectivity index (χ1) is 16.6. The molecule has 1 atom stereocenters. The van der Waals surface area contributed by atoms with Crippen molar-refractivity contribution in [2.75, 3.05) is 0 Å². The molecule has 2 amide bonds. The van der Waals surface area contributed by atoms with E-state index in [9.17, 15) is 37.5 Å². The number of hydrogen-bond acceptors (Lipinski definition) is 5. The molecule has 0 radical (unpaired) electrons. The number of carbonyl (C=O) groups is 4. The average molecular weight is 494 g/mol. The van der Waals surface area contributed by atoms with Crippen LogP contribution in [-0.4, -0.2) is 40.2 Å². The summed E-state index contributed by atoms with van der Waals surface area (Å²) in [6.45, 7) is 0. The zero-order chi connectivity index (χ0) is 25.6. The van der Waals surface area contributed by atoms with Crippen LogP contribution in [0, 0.1) is 5.92 Å². The predicted molar refractivity (Wildman–Crippen MR) is 117 cm³/mol. The highest BCUT2D eigenvalue weighted by Gasteiger charge is 2.33. The van der Waals surface area contributed by atoms with Crippen LogP contribution < -0.4 is 5.43 Å². The van der Waals surface area contributed by atoms with Gasteiger partial charge in [0.05, 0.1) is 5.56 Å². The van der Waals surface area contributed by atoms with E-state index < -0.39 is 42.0 Å². The van der Waals surface area contributed by atoms with Gasteiger partial charge in [-0.1, -0.05) is 37.8 Å². The Balaban J connectivity index is 1.78. The van der Waals surface area contributed by atoms with E-state index in [2.05, 4.69) is 5.43 Å². The summed E-state index contributed by atoms with van der Waals surface area (Å²) in [7, 11) is 0. The van der Waals surface area contributed by atoms with Crippen molar-refractivity contribution < 1.29 is 41.9 Å². The number of alkyl halides is 3. The predicted octanol–water partition coefficient (Wildman–Crippen LogP) is 4.45. The number of furan rings is 1. The molecule has 11 heteroatoms. The molecule has 3 rings (SSSR count). The van der Waals surface area contributed by atoms with Gasteiger partial charge in [-0.25, -0.2) is 9.80 Å². The molecule has 1 saturated carbocycles. The number of benzene rings is 1. The Morgan fingerprint density at radius 3 is 2.51 bits per heavy atom. The number of hydrogen-bond donors (Lipinski definition) is 2. The Kier molecular flexibility index (Phi) is 8.31. The van der Waals surface area contributed by atoms with Gasteiger partial charge in [-0.3, -0.25) is 15.0 Å². The van der Waals surface area contributed by atoms with E-state index in [-0.39, 0.29) is 23.5 Å². The van der Waals surface area contributed by atoms with Crippen molar-refractivity contribution in [1.29, 1.82) is 0 Å². The summed E-state index contributed by atoms with van der Waals surface area (Å²) in [5.74, 6) is -3.15. The fourth-order valence-electron chi connectivity index (χ4n) is 4.10. The summed E-state index contributed by atoms with van der Waals surface area (Å²) in [6, 6.07) is 5.20. The number of halogens is 3. The molecule has 0 bridgehead atoms. The number of aldehydes is 1. The van der Waals surface area contributed by atoms with Gasteiger partial charge in [0.1, 0.15) is 12.0 Å². The van der Waals surface area contributed by atoms with E-state index in [0.717, 1.165) is 37.8 Å². The molecular weight excluding hydrogens is 469 g/mol. The molecule has 1 fully saturated rings. The highest BCUT2D eigenvalue weighted by atomic mass is 19.4. The number of nitrogens with one attached hydrogen (secondary N) is 1. The van der Waals surface area contributed by atoms with Gasteiger partial charge in [0.25, 0.3) is 0 Å². The number of amides is 2. The second-order valence-electron chi connectivity index (χ2n) is 8.39. The molecule has 1 aromatic heterocycles. The molecule has 1 unspecified atom stereocenters. The summed E-state index contributed by atoms with van der Waals surface area (Å²) in [5, 5.41) is 10.1. The van der Waals surface area contributed by atoms with Gasteiger partial charge < -0.3 is 14.3 Å². The maximum atomic E-state index is 13.0. The maximum absolute atomic E-state index is 13.0. The highest BCUT2D eigenvalue weighted by molar-refractivity contribution is 5.95. The number of aliphatic carboxylic acids is 1. The maximum Gasteiger partial charge on any atom is 0.416 e. The van der Waals surface area contributed by atoms with Gasteiger partial charge >= 0.3 is 18.1 Å². The van der Waals surface area contributed by atoms with Crippen LogP contribution in [0.4, 0.5) is 13.2 Å². The van der Waals surface area contributed by atoms with Gasteiger partial charge in [0.15, 0.2) is 11.8 Å². The first-order valence-corrected chi connectivity index (χ1v) is 11.2. The molecule has 8 nitrogen and oxygen atoms in total. The van der Waals surface area contributed by atoms with Crippen molar-refractivity contribution in [3.8, 4) is 11.3 Å². The monoisotopic (exact) mass is 494 g/mol. The van der Waals surface area contributed by atoms with Crippen LogP contribution >= 0.6 is 0 Å². The van der Waals surface area contributed by atoms with Gasteiger partial charge in [0, 0.05) is 18.4 Å². The molecule has 35 heavy (non-hydrogen) atoms. The Morgan fingerprint density at radius 1 is 1.17 bits per heavy atom. The van der Waals surface area contributed by atoms with Crippen molar-refractivity contribution in [2.24, 2.45) is 5.92 Å². The lowest BCUT2D eigenvalue weighted by Gasteiger charge is -2.28. The van der Waals surface area contributed by atoms with Gasteiger partial charge in [-0.2, -0.15) is 13.2 Å². The summed E-state index contributed by atoms with van der Waals surface area (Å²) in [6.07, 6.45) is -0.182. The van der Waals surface area contributed by atoms with Crippen LogP contribution in [0.5, 0.6) is 0 Å². The van der Waals surface area contributed by atoms with Crippen LogP contribution in [0.1, 0.15) is 61.1 Å². The van der Waals surface area contributed by atoms with Gasteiger partial charge in [0.2, 0.25) is 5.91 Å². The number of rotatable bonds is 9. The smallest absolute Gasteiger partial charge is 0.416 e. The molecule has 188 valence electrons. The average Bonchev–Trinajstić information content (AvgIpc) is 3.51. The summed E-state index contributed by atoms with van der Waals surface area (Å²) >= 11 is 0. The van der Waals surface area contributed by atoms with E-state index >= 15 is 0 Å². The SMILES string of the molecule is O=CCC(C(=O)O)N(NC(=O)c1ccc(-c2cccc(C(F)(F)F)c2)o1)C(=O)CCC1CCCC1. The first kappa shape index (κ1) is 26.0. The molecule has 0 aliphatic heterocycles. The van der Waals surface area contributed by atoms with Crippen LogP contribution in [0.3, 0.4) is 0 Å². The Bertz CT molecular complexity index is 1080. The Labute approximate surface area is 199 Å². The molecule has 2 aromatic rings. The summed E-state index contributed by atoms with van der Waals surface area (Å²) < 4.78 is 44.4. The molecule has 1 aliphatic rings. The van der Waals surface area contributed by atoms with E-state index in [0.29, 0.717) is 23.6 Å². The number of hydrazine groups is 1. The van der Waals surface area contributed by atoms with Crippen LogP contribution in [0.15, 0.2) is 40.8 Å². The lowest BCUT2D eigenvalue weighted by molar-refractivity contribution is -0.153. The minimum atomic E-state index is -4.56. The minimum Gasteiger partial charge on any atom is -0.480 e. The van der Waals surface area contributed by atoms with Crippen LogP contribution in [-0.2, 0) is 20.6 Å². The lowest BCUT2D eigenvalue weighted by atomic mass is 10.0. The molecule has 1 aliphatic carbocycles. The topological polar surface area (TPSA) is 117 Å². The zero-order valence-corrected chi connectivity index (χ0v) is 18.7. The Morgan fingerprint density at radius 2 is 1.89 bits per heavy atom. The van der Waals surface area contributed by atoms with E-state index in [4.69, 9.17) is 4.42 Å². The number of nitrogens with zero attached hydrogens (tertiary/aromatic N) is 1. The lowest BCUT2D eigenvalue weighted by Crippen LogP contribution is -2.55. The summed E-state index contributed by atoms with van der Waals surface area (Å²) in [5.41, 5.74) is 1.39. The van der Waals surface area contributed by atoms with Gasteiger partial charge in [-0.15, -0.1) is 0 Å². The highest BCUT2D eigenvalue weighted by Crippen LogP contribution is 2.33. The first-order valence-electron chi connectivity index (χ1n) is 11.2. The fourth-order valence-corrected chi connectivity index (χ4v) is 4.10. The van der Waals surface area contributed by atoms with Crippen molar-refractivity contribution >= 4 is 24.1 Å². The largest absolute Gasteiger partial charge is 0.480 e. The molecular formula is C24H25F3N2O6. The third kappa shape index (κ3) is 6.71. The quantitative estimate of drug-likeness (QED) is 0.393. The fraction of sp³-hybridized carbons (Fsp3) is 0.417. The Hall–Kier alpha value is -3.63. The number of carboxylic acid groups (broad SMARTS) is 1. The molecule has 1 heterocycles. The minimum absolute atomic E-state index is 0.0127.